The molecule has 2 aromatic heterocycles. The van der Waals surface area contributed by atoms with Gasteiger partial charge in [-0.25, -0.2) is 4.98 Å². The fourth-order valence-electron chi connectivity index (χ4n) is 4.91. The molecule has 0 bridgehead atoms. The summed E-state index contributed by atoms with van der Waals surface area (Å²) >= 11 is 0. The predicted molar refractivity (Wildman–Crippen MR) is 127 cm³/mol. The van der Waals surface area contributed by atoms with Gasteiger partial charge in [0.2, 0.25) is 5.88 Å². The number of benzene rings is 1. The molecule has 32 heavy (non-hydrogen) atoms. The number of phenolic OH excluding ortho intramolecular Hbond substituents is 1. The number of anilines is 1. The lowest BCUT2D eigenvalue weighted by Gasteiger charge is -2.49. The van der Waals surface area contributed by atoms with Crippen molar-refractivity contribution in [3.8, 4) is 34.0 Å². The molecule has 1 fully saturated rings. The molecule has 1 aliphatic heterocycles. The fourth-order valence-corrected chi connectivity index (χ4v) is 4.91. The maximum atomic E-state index is 10.6. The lowest BCUT2D eigenvalue weighted by Crippen LogP contribution is -2.62. The van der Waals surface area contributed by atoms with Crippen LogP contribution in [0.15, 0.2) is 48.7 Å². The molecule has 0 atom stereocenters. The smallest absolute Gasteiger partial charge is 0.211 e. The van der Waals surface area contributed by atoms with E-state index in [-0.39, 0.29) is 22.7 Å². The van der Waals surface area contributed by atoms with Crippen molar-refractivity contribution in [3.63, 3.8) is 0 Å². The first kappa shape index (κ1) is 22.0. The van der Waals surface area contributed by atoms with Crippen LogP contribution in [-0.4, -0.2) is 49.6 Å². The highest BCUT2D eigenvalue weighted by molar-refractivity contribution is 5.74. The van der Waals surface area contributed by atoms with Gasteiger partial charge in [0, 0.05) is 42.0 Å². The first-order valence-electron chi connectivity index (χ1n) is 10.9. The number of hydrogen-bond donors (Lipinski definition) is 3. The lowest BCUT2D eigenvalue weighted by atomic mass is 9.79. The molecule has 1 aromatic carbocycles. The van der Waals surface area contributed by atoms with Crippen LogP contribution in [0, 0.1) is 0 Å². The molecule has 7 nitrogen and oxygen atoms in total. The summed E-state index contributed by atoms with van der Waals surface area (Å²) in [4.78, 5) is 6.00. The first-order chi connectivity index (χ1) is 15.0. The Balaban J connectivity index is 1.55. The van der Waals surface area contributed by atoms with Gasteiger partial charge in [-0.05, 0) is 82.0 Å². The monoisotopic (exact) mass is 433 g/mol. The summed E-state index contributed by atoms with van der Waals surface area (Å²) in [5.74, 6) is 0.865. The minimum Gasteiger partial charge on any atom is -0.507 e. The third-order valence-electron chi connectivity index (χ3n) is 6.08. The zero-order valence-corrected chi connectivity index (χ0v) is 19.3. The molecular weight excluding hydrogens is 402 g/mol. The number of aromatic hydroxyl groups is 2. The van der Waals surface area contributed by atoms with Crippen LogP contribution in [-0.2, 0) is 0 Å². The molecule has 0 unspecified atom stereocenters. The molecule has 3 N–H and O–H groups in total. The van der Waals surface area contributed by atoms with E-state index in [1.165, 1.54) is 6.20 Å². The van der Waals surface area contributed by atoms with Crippen molar-refractivity contribution < 1.29 is 10.2 Å². The van der Waals surface area contributed by atoms with Crippen molar-refractivity contribution >= 4 is 5.82 Å². The van der Waals surface area contributed by atoms with E-state index in [1.54, 1.807) is 18.2 Å². The molecule has 3 aromatic rings. The summed E-state index contributed by atoms with van der Waals surface area (Å²) in [7, 11) is 2.07. The zero-order valence-electron chi connectivity index (χ0n) is 19.3. The molecule has 3 heterocycles. The number of hydrogen-bond acceptors (Lipinski definition) is 7. The van der Waals surface area contributed by atoms with Gasteiger partial charge in [0.15, 0.2) is 5.82 Å². The molecular formula is C25H31N5O2. The predicted octanol–water partition coefficient (Wildman–Crippen LogP) is 4.36. The Hall–Kier alpha value is -3.19. The van der Waals surface area contributed by atoms with Crippen LogP contribution in [0.2, 0.25) is 0 Å². The van der Waals surface area contributed by atoms with Gasteiger partial charge < -0.3 is 20.4 Å². The van der Waals surface area contributed by atoms with Crippen LogP contribution in [0.1, 0.15) is 40.5 Å². The summed E-state index contributed by atoms with van der Waals surface area (Å²) < 4.78 is 0. The lowest BCUT2D eigenvalue weighted by molar-refractivity contribution is 0.160. The number of rotatable bonds is 4. The number of nitrogens with zero attached hydrogens (tertiary/aromatic N) is 4. The van der Waals surface area contributed by atoms with Crippen LogP contribution >= 0.6 is 0 Å². The Labute approximate surface area is 189 Å². The van der Waals surface area contributed by atoms with Crippen LogP contribution in [0.5, 0.6) is 11.6 Å². The molecule has 0 saturated carbocycles. The van der Waals surface area contributed by atoms with Gasteiger partial charge in [-0.3, -0.25) is 0 Å². The van der Waals surface area contributed by atoms with Crippen molar-refractivity contribution in [2.75, 3.05) is 11.9 Å². The van der Waals surface area contributed by atoms with Crippen molar-refractivity contribution in [1.29, 1.82) is 0 Å². The third-order valence-corrected chi connectivity index (χ3v) is 6.08. The Bertz CT molecular complexity index is 1100. The quantitative estimate of drug-likeness (QED) is 0.563. The Morgan fingerprint density at radius 2 is 1.59 bits per heavy atom. The van der Waals surface area contributed by atoms with E-state index < -0.39 is 0 Å². The molecule has 1 saturated heterocycles. The van der Waals surface area contributed by atoms with Crippen molar-refractivity contribution in [2.24, 2.45) is 0 Å². The summed E-state index contributed by atoms with van der Waals surface area (Å²) in [6, 6.07) is 12.9. The van der Waals surface area contributed by atoms with E-state index in [9.17, 15) is 10.2 Å². The summed E-state index contributed by atoms with van der Waals surface area (Å²) in [5.41, 5.74) is 2.87. The van der Waals surface area contributed by atoms with Crippen molar-refractivity contribution in [1.82, 2.24) is 20.5 Å². The van der Waals surface area contributed by atoms with Gasteiger partial charge in [0.1, 0.15) is 5.75 Å². The second-order valence-corrected chi connectivity index (χ2v) is 9.98. The topological polar surface area (TPSA) is 94.4 Å². The molecule has 4 rings (SSSR count). The third kappa shape index (κ3) is 4.67. The maximum Gasteiger partial charge on any atom is 0.211 e. The summed E-state index contributed by atoms with van der Waals surface area (Å²) in [6.07, 6.45) is 3.56. The number of nitrogens with one attached hydrogen (secondary N) is 1. The summed E-state index contributed by atoms with van der Waals surface area (Å²) in [5, 5.41) is 32.8. The van der Waals surface area contributed by atoms with E-state index in [0.717, 1.165) is 29.8 Å². The van der Waals surface area contributed by atoms with Gasteiger partial charge >= 0.3 is 0 Å². The second-order valence-electron chi connectivity index (χ2n) is 9.98. The highest BCUT2D eigenvalue weighted by atomic mass is 16.3. The van der Waals surface area contributed by atoms with E-state index in [4.69, 9.17) is 0 Å². The molecule has 0 amide bonds. The highest BCUT2D eigenvalue weighted by Gasteiger charge is 2.39. The summed E-state index contributed by atoms with van der Waals surface area (Å²) in [6.45, 7) is 8.96. The Kier molecular flexibility index (Phi) is 5.54. The number of pyridine rings is 1. The van der Waals surface area contributed by atoms with E-state index in [0.29, 0.717) is 17.3 Å². The van der Waals surface area contributed by atoms with E-state index in [2.05, 4.69) is 60.1 Å². The second kappa shape index (κ2) is 8.06. The normalized spacial score (nSPS) is 17.8. The molecule has 1 aliphatic rings. The van der Waals surface area contributed by atoms with Crippen LogP contribution in [0.4, 0.5) is 5.82 Å². The molecule has 7 heteroatoms. The minimum absolute atomic E-state index is 0.0488. The molecule has 168 valence electrons. The number of piperidine rings is 1. The minimum atomic E-state index is -0.0582. The van der Waals surface area contributed by atoms with Gasteiger partial charge in [0.25, 0.3) is 0 Å². The fraction of sp³-hybridized carbons (Fsp3) is 0.400. The molecule has 0 radical (unpaired) electrons. The van der Waals surface area contributed by atoms with Crippen molar-refractivity contribution in [3.05, 3.63) is 48.7 Å². The van der Waals surface area contributed by atoms with Gasteiger partial charge in [-0.15, -0.1) is 10.2 Å². The van der Waals surface area contributed by atoms with Crippen LogP contribution in [0.3, 0.4) is 0 Å². The average molecular weight is 434 g/mol. The molecule has 0 aliphatic carbocycles. The number of phenols is 1. The number of aromatic nitrogens is 3. The van der Waals surface area contributed by atoms with Crippen molar-refractivity contribution in [2.45, 2.75) is 57.7 Å². The zero-order chi connectivity index (χ0) is 23.1. The first-order valence-corrected chi connectivity index (χ1v) is 10.9. The van der Waals surface area contributed by atoms with E-state index >= 15 is 0 Å². The van der Waals surface area contributed by atoms with Crippen LogP contribution < -0.4 is 10.2 Å². The largest absolute Gasteiger partial charge is 0.507 e. The average Bonchev–Trinajstić information content (AvgIpc) is 2.71. The van der Waals surface area contributed by atoms with Gasteiger partial charge in [0.05, 0.1) is 5.69 Å². The van der Waals surface area contributed by atoms with Crippen LogP contribution in [0.25, 0.3) is 22.4 Å². The van der Waals surface area contributed by atoms with E-state index in [1.807, 2.05) is 24.3 Å². The SMILES string of the molecule is CN(c1ccc(-c2ccc(-c3ccnc(O)c3)cc2O)nn1)C1CC(C)(C)NC(C)(C)C1. The Morgan fingerprint density at radius 3 is 2.19 bits per heavy atom. The highest BCUT2D eigenvalue weighted by Crippen LogP contribution is 2.35. The maximum absolute atomic E-state index is 10.6. The Morgan fingerprint density at radius 1 is 0.906 bits per heavy atom. The van der Waals surface area contributed by atoms with Gasteiger partial charge in [-0.2, -0.15) is 0 Å². The standard InChI is InChI=1S/C25H31N5O2/c1-24(2)14-18(15-25(3,4)29-24)30(5)22-9-8-20(27-28-22)19-7-6-16(12-21(19)31)17-10-11-26-23(32)13-17/h6-13,18,29,31H,14-15H2,1-5H3,(H,26,32). The van der Waals surface area contributed by atoms with Gasteiger partial charge in [-0.1, -0.05) is 6.07 Å². The molecule has 0 spiro atoms.